The number of rotatable bonds is 5. The average molecular weight is 322 g/mol. The minimum Gasteiger partial charge on any atom is -0.312 e. The van der Waals surface area contributed by atoms with E-state index in [9.17, 15) is 0 Å². The van der Waals surface area contributed by atoms with Crippen LogP contribution in [0.5, 0.6) is 0 Å². The zero-order valence-electron chi connectivity index (χ0n) is 11.7. The molecule has 2 rings (SSSR count). The smallest absolute Gasteiger partial charge is 0.143 e. The second-order valence-corrected chi connectivity index (χ2v) is 5.68. The van der Waals surface area contributed by atoms with Crippen LogP contribution in [-0.4, -0.2) is 14.8 Å². The molecule has 0 fully saturated rings. The van der Waals surface area contributed by atoms with Crippen LogP contribution >= 0.6 is 15.9 Å². The summed E-state index contributed by atoms with van der Waals surface area (Å²) in [5.41, 5.74) is 2.65. The molecule has 1 aromatic heterocycles. The summed E-state index contributed by atoms with van der Waals surface area (Å²) in [4.78, 5) is 0. The number of aryl methyl sites for hydroxylation is 3. The van der Waals surface area contributed by atoms with Crippen molar-refractivity contribution in [1.29, 1.82) is 0 Å². The van der Waals surface area contributed by atoms with E-state index < -0.39 is 0 Å². The Morgan fingerprint density at radius 3 is 2.26 bits per heavy atom. The lowest BCUT2D eigenvalue weighted by Gasteiger charge is -2.13. The minimum atomic E-state index is 0.399. The fraction of sp³-hybridized carbons (Fsp3) is 0.467. The minimum absolute atomic E-state index is 0.399. The van der Waals surface area contributed by atoms with Crippen molar-refractivity contribution in [3.63, 3.8) is 0 Å². The molecule has 0 aliphatic heterocycles. The van der Waals surface area contributed by atoms with Gasteiger partial charge in [0.15, 0.2) is 0 Å². The van der Waals surface area contributed by atoms with Crippen LogP contribution in [0.3, 0.4) is 0 Å². The first-order chi connectivity index (χ1) is 9.11. The standard InChI is InChI=1S/C15H20BrN3/c1-11(2)19-14(17-18-15(19)10-16)9-8-13-6-4-12(3)5-7-13/h4-7,11H,8-10H2,1-3H3. The van der Waals surface area contributed by atoms with Gasteiger partial charge in [-0.15, -0.1) is 10.2 Å². The molecule has 4 heteroatoms. The quantitative estimate of drug-likeness (QED) is 0.783. The fourth-order valence-electron chi connectivity index (χ4n) is 2.23. The van der Waals surface area contributed by atoms with Crippen LogP contribution in [0.1, 0.15) is 42.7 Å². The van der Waals surface area contributed by atoms with E-state index in [1.807, 2.05) is 0 Å². The Morgan fingerprint density at radius 1 is 1.05 bits per heavy atom. The first kappa shape index (κ1) is 14.3. The lowest BCUT2D eigenvalue weighted by atomic mass is 10.1. The Hall–Kier alpha value is -1.16. The molecule has 0 bridgehead atoms. The molecule has 0 spiro atoms. The van der Waals surface area contributed by atoms with E-state index >= 15 is 0 Å². The van der Waals surface area contributed by atoms with Crippen LogP contribution < -0.4 is 0 Å². The molecular weight excluding hydrogens is 302 g/mol. The third kappa shape index (κ3) is 3.44. The van der Waals surface area contributed by atoms with Crippen LogP contribution in [0.4, 0.5) is 0 Å². The maximum absolute atomic E-state index is 4.32. The molecule has 1 heterocycles. The van der Waals surface area contributed by atoms with Crippen molar-refractivity contribution in [2.24, 2.45) is 0 Å². The number of halogens is 1. The van der Waals surface area contributed by atoms with Gasteiger partial charge in [0, 0.05) is 12.5 Å². The van der Waals surface area contributed by atoms with Crippen LogP contribution in [0, 0.1) is 6.92 Å². The Kier molecular flexibility index (Phi) is 4.75. The highest BCUT2D eigenvalue weighted by atomic mass is 79.9. The lowest BCUT2D eigenvalue weighted by Crippen LogP contribution is -2.10. The zero-order chi connectivity index (χ0) is 13.8. The highest BCUT2D eigenvalue weighted by molar-refractivity contribution is 9.08. The SMILES string of the molecule is Cc1ccc(CCc2nnc(CBr)n2C(C)C)cc1. The van der Waals surface area contributed by atoms with Crippen molar-refractivity contribution in [2.75, 3.05) is 0 Å². The fourth-order valence-corrected chi connectivity index (χ4v) is 2.61. The van der Waals surface area contributed by atoms with Crippen LogP contribution in [0.25, 0.3) is 0 Å². The lowest BCUT2D eigenvalue weighted by molar-refractivity contribution is 0.551. The molecule has 0 radical (unpaired) electrons. The van der Waals surface area contributed by atoms with Crippen LogP contribution in [0.2, 0.25) is 0 Å². The molecule has 1 aromatic carbocycles. The molecule has 0 saturated heterocycles. The Bertz CT molecular complexity index is 529. The highest BCUT2D eigenvalue weighted by Crippen LogP contribution is 2.16. The molecular formula is C15H20BrN3. The van der Waals surface area contributed by atoms with E-state index in [1.165, 1.54) is 11.1 Å². The number of benzene rings is 1. The molecule has 0 aliphatic carbocycles. The van der Waals surface area contributed by atoms with Crippen LogP contribution in [0.15, 0.2) is 24.3 Å². The predicted octanol–water partition coefficient (Wildman–Crippen LogP) is 3.85. The van der Waals surface area contributed by atoms with E-state index in [-0.39, 0.29) is 0 Å². The summed E-state index contributed by atoms with van der Waals surface area (Å²) in [7, 11) is 0. The molecule has 0 N–H and O–H groups in total. The van der Waals surface area contributed by atoms with Crippen molar-refractivity contribution in [1.82, 2.24) is 14.8 Å². The summed E-state index contributed by atoms with van der Waals surface area (Å²) < 4.78 is 2.23. The van der Waals surface area contributed by atoms with E-state index in [4.69, 9.17) is 0 Å². The summed E-state index contributed by atoms with van der Waals surface area (Å²) in [6, 6.07) is 9.10. The Morgan fingerprint density at radius 2 is 1.68 bits per heavy atom. The average Bonchev–Trinajstić information content (AvgIpc) is 2.81. The van der Waals surface area contributed by atoms with E-state index in [2.05, 4.69) is 75.7 Å². The number of aromatic nitrogens is 3. The van der Waals surface area contributed by atoms with Crippen molar-refractivity contribution >= 4 is 15.9 Å². The van der Waals surface area contributed by atoms with Crippen molar-refractivity contribution in [2.45, 2.75) is 45.0 Å². The van der Waals surface area contributed by atoms with Gasteiger partial charge in [0.2, 0.25) is 0 Å². The van der Waals surface area contributed by atoms with Gasteiger partial charge in [0.25, 0.3) is 0 Å². The Balaban J connectivity index is 2.11. The predicted molar refractivity (Wildman–Crippen MR) is 81.6 cm³/mol. The van der Waals surface area contributed by atoms with E-state index in [0.29, 0.717) is 6.04 Å². The second-order valence-electron chi connectivity index (χ2n) is 5.12. The van der Waals surface area contributed by atoms with E-state index in [0.717, 1.165) is 29.8 Å². The van der Waals surface area contributed by atoms with Crippen molar-refractivity contribution < 1.29 is 0 Å². The van der Waals surface area contributed by atoms with Gasteiger partial charge < -0.3 is 4.57 Å². The normalized spacial score (nSPS) is 11.2. The van der Waals surface area contributed by atoms with Crippen molar-refractivity contribution in [3.8, 4) is 0 Å². The van der Waals surface area contributed by atoms with E-state index in [1.54, 1.807) is 0 Å². The zero-order valence-corrected chi connectivity index (χ0v) is 13.3. The first-order valence-electron chi connectivity index (χ1n) is 6.66. The maximum atomic E-state index is 4.32. The molecule has 0 saturated carbocycles. The number of hydrogen-bond donors (Lipinski definition) is 0. The molecule has 19 heavy (non-hydrogen) atoms. The third-order valence-corrected chi connectivity index (χ3v) is 3.73. The van der Waals surface area contributed by atoms with Gasteiger partial charge in [-0.2, -0.15) is 0 Å². The number of alkyl halides is 1. The summed E-state index contributed by atoms with van der Waals surface area (Å²) in [5, 5.41) is 9.32. The monoisotopic (exact) mass is 321 g/mol. The molecule has 102 valence electrons. The van der Waals surface area contributed by atoms with Gasteiger partial charge in [-0.05, 0) is 32.8 Å². The molecule has 2 aromatic rings. The molecule has 0 atom stereocenters. The van der Waals surface area contributed by atoms with Gasteiger partial charge >= 0.3 is 0 Å². The Labute approximate surface area is 123 Å². The maximum Gasteiger partial charge on any atom is 0.143 e. The third-order valence-electron chi connectivity index (χ3n) is 3.23. The molecule has 0 amide bonds. The summed E-state index contributed by atoms with van der Waals surface area (Å²) in [6.07, 6.45) is 1.94. The van der Waals surface area contributed by atoms with Gasteiger partial charge in [-0.25, -0.2) is 0 Å². The van der Waals surface area contributed by atoms with Crippen LogP contribution in [-0.2, 0) is 18.2 Å². The van der Waals surface area contributed by atoms with Gasteiger partial charge in [-0.1, -0.05) is 45.8 Å². The summed E-state index contributed by atoms with van der Waals surface area (Å²) >= 11 is 3.47. The van der Waals surface area contributed by atoms with Gasteiger partial charge in [0.1, 0.15) is 11.6 Å². The number of nitrogens with zero attached hydrogens (tertiary/aromatic N) is 3. The second kappa shape index (κ2) is 6.33. The molecule has 0 aliphatic rings. The largest absolute Gasteiger partial charge is 0.312 e. The topological polar surface area (TPSA) is 30.7 Å². The van der Waals surface area contributed by atoms with Gasteiger partial charge in [0.05, 0.1) is 5.33 Å². The highest BCUT2D eigenvalue weighted by Gasteiger charge is 2.13. The van der Waals surface area contributed by atoms with Crippen molar-refractivity contribution in [3.05, 3.63) is 47.0 Å². The summed E-state index contributed by atoms with van der Waals surface area (Å²) in [6.45, 7) is 6.46. The first-order valence-corrected chi connectivity index (χ1v) is 7.78. The summed E-state index contributed by atoms with van der Waals surface area (Å²) in [5.74, 6) is 2.08. The number of hydrogen-bond acceptors (Lipinski definition) is 2. The van der Waals surface area contributed by atoms with Gasteiger partial charge in [-0.3, -0.25) is 0 Å². The molecule has 3 nitrogen and oxygen atoms in total. The molecule has 0 unspecified atom stereocenters.